The average molecular weight is 364 g/mol. The molecular formula is C19H17FN6O. The Morgan fingerprint density at radius 2 is 1.85 bits per heavy atom. The van der Waals surface area contributed by atoms with Gasteiger partial charge in [-0.25, -0.2) is 4.39 Å². The van der Waals surface area contributed by atoms with Crippen LogP contribution in [0.1, 0.15) is 31.2 Å². The van der Waals surface area contributed by atoms with Gasteiger partial charge in [-0.1, -0.05) is 55.4 Å². The highest BCUT2D eigenvalue weighted by Gasteiger charge is 2.12. The third kappa shape index (κ3) is 3.74. The van der Waals surface area contributed by atoms with Crippen LogP contribution >= 0.6 is 0 Å². The topological polar surface area (TPSA) is 82.5 Å². The van der Waals surface area contributed by atoms with Crippen LogP contribution in [0.4, 0.5) is 4.39 Å². The van der Waals surface area contributed by atoms with Crippen molar-refractivity contribution in [3.63, 3.8) is 0 Å². The van der Waals surface area contributed by atoms with Crippen LogP contribution in [0.5, 0.6) is 0 Å². The van der Waals surface area contributed by atoms with Gasteiger partial charge in [0.15, 0.2) is 0 Å². The second-order valence-corrected chi connectivity index (χ2v) is 6.44. The normalized spacial score (nSPS) is 11.3. The van der Waals surface area contributed by atoms with E-state index >= 15 is 0 Å². The lowest BCUT2D eigenvalue weighted by Gasteiger charge is -2.04. The van der Waals surface area contributed by atoms with Crippen molar-refractivity contribution in [2.75, 3.05) is 0 Å². The summed E-state index contributed by atoms with van der Waals surface area (Å²) in [5.74, 6) is 1.31. The van der Waals surface area contributed by atoms with E-state index in [1.54, 1.807) is 12.1 Å². The third-order valence-electron chi connectivity index (χ3n) is 4.12. The number of tetrazole rings is 1. The van der Waals surface area contributed by atoms with E-state index in [2.05, 4.69) is 51.5 Å². The van der Waals surface area contributed by atoms with Crippen LogP contribution in [0, 0.1) is 5.82 Å². The average Bonchev–Trinajstić information content (AvgIpc) is 3.32. The molecule has 8 heteroatoms. The van der Waals surface area contributed by atoms with Crippen LogP contribution in [-0.2, 0) is 6.54 Å². The first kappa shape index (κ1) is 17.0. The Morgan fingerprint density at radius 1 is 1.04 bits per heavy atom. The van der Waals surface area contributed by atoms with Crippen molar-refractivity contribution in [1.82, 2.24) is 30.3 Å². The van der Waals surface area contributed by atoms with Gasteiger partial charge in [0.25, 0.3) is 5.89 Å². The molecule has 0 amide bonds. The Morgan fingerprint density at radius 3 is 2.59 bits per heavy atom. The largest absolute Gasteiger partial charge is 0.337 e. The number of nitrogens with zero attached hydrogens (tertiary/aromatic N) is 6. The molecule has 2 heterocycles. The number of benzene rings is 2. The van der Waals surface area contributed by atoms with Gasteiger partial charge in [0.1, 0.15) is 12.4 Å². The number of rotatable bonds is 5. The van der Waals surface area contributed by atoms with Gasteiger partial charge in [0, 0.05) is 11.1 Å². The summed E-state index contributed by atoms with van der Waals surface area (Å²) in [6, 6.07) is 14.1. The van der Waals surface area contributed by atoms with E-state index in [-0.39, 0.29) is 12.4 Å². The Hall–Kier alpha value is -3.42. The summed E-state index contributed by atoms with van der Waals surface area (Å²) in [6.45, 7) is 4.47. The minimum atomic E-state index is -0.353. The third-order valence-corrected chi connectivity index (χ3v) is 4.12. The molecule has 0 aliphatic carbocycles. The first-order valence-electron chi connectivity index (χ1n) is 8.55. The molecule has 2 aromatic carbocycles. The van der Waals surface area contributed by atoms with Crippen molar-refractivity contribution in [2.24, 2.45) is 0 Å². The lowest BCUT2D eigenvalue weighted by Crippen LogP contribution is -2.04. The molecule has 7 nitrogen and oxygen atoms in total. The maximum atomic E-state index is 13.3. The number of hydrogen-bond acceptors (Lipinski definition) is 6. The quantitative estimate of drug-likeness (QED) is 0.537. The lowest BCUT2D eigenvalue weighted by molar-refractivity contribution is 0.356. The maximum Gasteiger partial charge on any atom is 0.250 e. The zero-order valence-electron chi connectivity index (χ0n) is 14.9. The van der Waals surface area contributed by atoms with Crippen molar-refractivity contribution in [2.45, 2.75) is 26.3 Å². The zero-order valence-corrected chi connectivity index (χ0v) is 14.9. The highest BCUT2D eigenvalue weighted by Crippen LogP contribution is 2.21. The van der Waals surface area contributed by atoms with Gasteiger partial charge in [-0.3, -0.25) is 0 Å². The second kappa shape index (κ2) is 7.06. The Bertz CT molecular complexity index is 1050. The second-order valence-electron chi connectivity index (χ2n) is 6.44. The molecule has 0 aliphatic rings. The number of hydrogen-bond donors (Lipinski definition) is 0. The van der Waals surface area contributed by atoms with Crippen molar-refractivity contribution in [3.8, 4) is 22.8 Å². The van der Waals surface area contributed by atoms with E-state index in [9.17, 15) is 4.39 Å². The van der Waals surface area contributed by atoms with Crippen molar-refractivity contribution >= 4 is 0 Å². The molecule has 136 valence electrons. The van der Waals surface area contributed by atoms with Gasteiger partial charge in [-0.2, -0.15) is 9.78 Å². The predicted octanol–water partition coefficient (Wildman–Crippen LogP) is 3.70. The highest BCUT2D eigenvalue weighted by molar-refractivity contribution is 5.55. The molecule has 0 radical (unpaired) electrons. The molecule has 0 atom stereocenters. The van der Waals surface area contributed by atoms with Crippen LogP contribution in [-0.4, -0.2) is 30.3 Å². The fourth-order valence-electron chi connectivity index (χ4n) is 2.63. The molecule has 0 bridgehead atoms. The molecule has 0 saturated heterocycles. The summed E-state index contributed by atoms with van der Waals surface area (Å²) < 4.78 is 18.6. The minimum absolute atomic E-state index is 0.180. The first-order valence-corrected chi connectivity index (χ1v) is 8.55. The molecule has 0 fully saturated rings. The fraction of sp³-hybridized carbons (Fsp3) is 0.211. The predicted molar refractivity (Wildman–Crippen MR) is 96.1 cm³/mol. The van der Waals surface area contributed by atoms with E-state index in [1.165, 1.54) is 22.5 Å². The van der Waals surface area contributed by atoms with Gasteiger partial charge in [-0.15, -0.1) is 10.2 Å². The zero-order chi connectivity index (χ0) is 18.8. The SMILES string of the molecule is CC(C)c1ccc(-c2noc(Cn3nnc(-c4cccc(F)c4)n3)n2)cc1. The number of halogens is 1. The Kier molecular flexibility index (Phi) is 4.45. The first-order chi connectivity index (χ1) is 13.1. The molecule has 0 N–H and O–H groups in total. The monoisotopic (exact) mass is 364 g/mol. The lowest BCUT2D eigenvalue weighted by atomic mass is 10.0. The van der Waals surface area contributed by atoms with Gasteiger partial charge in [-0.05, 0) is 28.8 Å². The summed E-state index contributed by atoms with van der Waals surface area (Å²) in [6.07, 6.45) is 0. The Labute approximate surface area is 154 Å². The summed E-state index contributed by atoms with van der Waals surface area (Å²) in [5.41, 5.74) is 2.68. The van der Waals surface area contributed by atoms with Crippen molar-refractivity contribution in [1.29, 1.82) is 0 Å². The van der Waals surface area contributed by atoms with Gasteiger partial charge in [0.2, 0.25) is 11.6 Å². The molecule has 0 aliphatic heterocycles. The van der Waals surface area contributed by atoms with E-state index in [0.29, 0.717) is 29.0 Å². The van der Waals surface area contributed by atoms with E-state index in [1.807, 2.05) is 12.1 Å². The van der Waals surface area contributed by atoms with Gasteiger partial charge in [0.05, 0.1) is 0 Å². The fourth-order valence-corrected chi connectivity index (χ4v) is 2.63. The van der Waals surface area contributed by atoms with Crippen molar-refractivity contribution in [3.05, 3.63) is 65.8 Å². The molecule has 0 saturated carbocycles. The molecule has 2 aromatic heterocycles. The van der Waals surface area contributed by atoms with Crippen LogP contribution in [0.2, 0.25) is 0 Å². The van der Waals surface area contributed by atoms with E-state index in [4.69, 9.17) is 4.52 Å². The molecule has 4 aromatic rings. The molecule has 4 rings (SSSR count). The molecule has 27 heavy (non-hydrogen) atoms. The van der Waals surface area contributed by atoms with Gasteiger partial charge >= 0.3 is 0 Å². The standard InChI is InChI=1S/C19H17FN6O/c1-12(2)13-6-8-14(9-7-13)18-21-17(27-24-18)11-26-23-19(22-25-26)15-4-3-5-16(20)10-15/h3-10,12H,11H2,1-2H3. The number of aromatic nitrogens is 6. The van der Waals surface area contributed by atoms with Crippen molar-refractivity contribution < 1.29 is 8.91 Å². The summed E-state index contributed by atoms with van der Waals surface area (Å²) in [4.78, 5) is 5.71. The molecule has 0 spiro atoms. The van der Waals surface area contributed by atoms with Crippen LogP contribution in [0.15, 0.2) is 53.1 Å². The molecular weight excluding hydrogens is 347 g/mol. The van der Waals surface area contributed by atoms with Gasteiger partial charge < -0.3 is 4.52 Å². The van der Waals surface area contributed by atoms with E-state index < -0.39 is 0 Å². The van der Waals surface area contributed by atoms with E-state index in [0.717, 1.165) is 5.56 Å². The van der Waals surface area contributed by atoms with Crippen LogP contribution < -0.4 is 0 Å². The smallest absolute Gasteiger partial charge is 0.250 e. The summed E-state index contributed by atoms with van der Waals surface area (Å²) >= 11 is 0. The summed E-state index contributed by atoms with van der Waals surface area (Å²) in [5, 5.41) is 16.1. The van der Waals surface area contributed by atoms with Crippen LogP contribution in [0.25, 0.3) is 22.8 Å². The molecule has 0 unspecified atom stereocenters. The summed E-state index contributed by atoms with van der Waals surface area (Å²) in [7, 11) is 0. The highest BCUT2D eigenvalue weighted by atomic mass is 19.1. The minimum Gasteiger partial charge on any atom is -0.337 e. The van der Waals surface area contributed by atoms with Crippen LogP contribution in [0.3, 0.4) is 0 Å². The Balaban J connectivity index is 1.50. The maximum absolute atomic E-state index is 13.3.